The van der Waals surface area contributed by atoms with Crippen LogP contribution in [0.1, 0.15) is 29.7 Å². The predicted octanol–water partition coefficient (Wildman–Crippen LogP) is 2.70. The minimum absolute atomic E-state index is 0.429. The summed E-state index contributed by atoms with van der Waals surface area (Å²) in [5, 5.41) is 1.26. The Morgan fingerprint density at radius 1 is 1.25 bits per heavy atom. The monoisotopic (exact) mass is 288 g/mol. The van der Waals surface area contributed by atoms with Crippen LogP contribution in [-0.4, -0.2) is 40.5 Å². The van der Waals surface area contributed by atoms with Gasteiger partial charge in [-0.25, -0.2) is 9.56 Å². The van der Waals surface area contributed by atoms with Gasteiger partial charge < -0.3 is 4.74 Å². The van der Waals surface area contributed by atoms with Crippen molar-refractivity contribution in [1.29, 1.82) is 0 Å². The van der Waals surface area contributed by atoms with E-state index < -0.39 is 0 Å². The third kappa shape index (κ3) is 1.88. The van der Waals surface area contributed by atoms with Gasteiger partial charge in [0, 0.05) is 17.7 Å². The molecule has 20 heavy (non-hydrogen) atoms. The van der Waals surface area contributed by atoms with Crippen LogP contribution in [-0.2, 0) is 17.6 Å². The fourth-order valence-corrected chi connectivity index (χ4v) is 4.52. The second-order valence-corrected chi connectivity index (χ2v) is 6.63. The molecule has 0 bridgehead atoms. The topological polar surface area (TPSA) is 38.0 Å². The van der Waals surface area contributed by atoms with Crippen LogP contribution in [0.4, 0.5) is 5.82 Å². The van der Waals surface area contributed by atoms with E-state index in [1.807, 2.05) is 11.3 Å². The van der Waals surface area contributed by atoms with Gasteiger partial charge >= 0.3 is 5.82 Å². The Bertz CT molecular complexity index is 673. The number of hydrogen-bond acceptors (Lipinski definition) is 4. The molecule has 0 amide bonds. The molecule has 0 atom stereocenters. The number of nitrogens with zero attached hydrogens (tertiary/aromatic N) is 3. The van der Waals surface area contributed by atoms with Crippen molar-refractivity contribution in [3.05, 3.63) is 16.8 Å². The van der Waals surface area contributed by atoms with E-state index in [-0.39, 0.29) is 0 Å². The van der Waals surface area contributed by atoms with Gasteiger partial charge in [-0.15, -0.1) is 11.3 Å². The molecule has 0 spiro atoms. The normalized spacial score (nSPS) is 19.4. The van der Waals surface area contributed by atoms with Crippen LogP contribution in [0.25, 0.3) is 10.2 Å². The minimum Gasteiger partial charge on any atom is -0.381 e. The highest BCUT2D eigenvalue weighted by molar-refractivity contribution is 7.19. The molecule has 1 saturated heterocycles. The molecule has 5 heteroatoms. The number of thiophene rings is 1. The second kappa shape index (κ2) is 4.90. The third-order valence-electron chi connectivity index (χ3n) is 4.38. The highest BCUT2D eigenvalue weighted by Crippen LogP contribution is 2.40. The van der Waals surface area contributed by atoms with Crippen molar-refractivity contribution in [2.24, 2.45) is 0 Å². The molecule has 0 aromatic carbocycles. The molecule has 2 aromatic heterocycles. The molecule has 0 saturated carbocycles. The maximum absolute atomic E-state index is 5.45. The van der Waals surface area contributed by atoms with Crippen molar-refractivity contribution in [3.8, 4) is 0 Å². The number of aryl methyl sites for hydroxylation is 2. The van der Waals surface area contributed by atoms with Crippen molar-refractivity contribution >= 4 is 34.1 Å². The molecule has 0 radical (unpaired) electrons. The molecule has 3 heterocycles. The molecule has 4 rings (SSSR count). The zero-order valence-corrected chi connectivity index (χ0v) is 12.3. The van der Waals surface area contributed by atoms with E-state index in [4.69, 9.17) is 4.74 Å². The van der Waals surface area contributed by atoms with Gasteiger partial charge in [0.25, 0.3) is 0 Å². The van der Waals surface area contributed by atoms with Crippen LogP contribution >= 0.6 is 11.3 Å². The van der Waals surface area contributed by atoms with Crippen molar-refractivity contribution in [1.82, 2.24) is 9.97 Å². The van der Waals surface area contributed by atoms with Crippen LogP contribution in [0.2, 0.25) is 0 Å². The fourth-order valence-electron chi connectivity index (χ4n) is 3.30. The maximum Gasteiger partial charge on any atom is 0.335 e. The van der Waals surface area contributed by atoms with E-state index in [2.05, 4.69) is 21.3 Å². The summed E-state index contributed by atoms with van der Waals surface area (Å²) in [7, 11) is 0. The average molecular weight is 288 g/mol. The van der Waals surface area contributed by atoms with E-state index >= 15 is 0 Å². The Morgan fingerprint density at radius 3 is 2.95 bits per heavy atom. The lowest BCUT2D eigenvalue weighted by Crippen LogP contribution is -2.29. The van der Waals surface area contributed by atoms with Crippen molar-refractivity contribution in [2.45, 2.75) is 38.1 Å². The number of aromatic nitrogens is 2. The highest BCUT2D eigenvalue weighted by atomic mass is 32.1. The first kappa shape index (κ1) is 12.4. The Hall–Kier alpha value is -1.33. The average Bonchev–Trinajstić information content (AvgIpc) is 3.07. The van der Waals surface area contributed by atoms with Gasteiger partial charge in [-0.2, -0.15) is 0 Å². The lowest BCUT2D eigenvalue weighted by molar-refractivity contribution is -0.486. The van der Waals surface area contributed by atoms with Crippen LogP contribution in [0.3, 0.4) is 0 Å². The summed E-state index contributed by atoms with van der Waals surface area (Å²) in [6, 6.07) is 0.429. The van der Waals surface area contributed by atoms with E-state index in [0.717, 1.165) is 43.1 Å². The number of ether oxygens (including phenoxy) is 1. The smallest absolute Gasteiger partial charge is 0.335 e. The SMILES string of the molecule is C=[N+](c1ncnc2sc3c(c12)CCC3)C1CCOCC1. The van der Waals surface area contributed by atoms with Gasteiger partial charge in [0.1, 0.15) is 16.3 Å². The zero-order valence-electron chi connectivity index (χ0n) is 11.5. The van der Waals surface area contributed by atoms with Crippen LogP contribution < -0.4 is 0 Å². The predicted molar refractivity (Wildman–Crippen MR) is 80.3 cm³/mol. The van der Waals surface area contributed by atoms with E-state index in [9.17, 15) is 0 Å². The van der Waals surface area contributed by atoms with Gasteiger partial charge in [-0.05, 0) is 29.8 Å². The van der Waals surface area contributed by atoms with E-state index in [0.29, 0.717) is 6.04 Å². The summed E-state index contributed by atoms with van der Waals surface area (Å²) in [6.07, 6.45) is 7.37. The number of rotatable bonds is 2. The Kier molecular flexibility index (Phi) is 3.04. The molecule has 1 aliphatic carbocycles. The summed E-state index contributed by atoms with van der Waals surface area (Å²) >= 11 is 1.83. The van der Waals surface area contributed by atoms with E-state index in [1.165, 1.54) is 28.7 Å². The Balaban J connectivity index is 1.81. The fraction of sp³-hybridized carbons (Fsp3) is 0.533. The van der Waals surface area contributed by atoms with Gasteiger partial charge in [0.15, 0.2) is 0 Å². The van der Waals surface area contributed by atoms with Crippen LogP contribution in [0.15, 0.2) is 6.33 Å². The molecule has 2 aliphatic rings. The summed E-state index contributed by atoms with van der Waals surface area (Å²) in [5.74, 6) is 1.02. The molecular weight excluding hydrogens is 270 g/mol. The first-order valence-electron chi connectivity index (χ1n) is 7.27. The zero-order chi connectivity index (χ0) is 13.5. The van der Waals surface area contributed by atoms with Gasteiger partial charge in [-0.1, -0.05) is 0 Å². The summed E-state index contributed by atoms with van der Waals surface area (Å²) in [6.45, 7) is 5.93. The summed E-state index contributed by atoms with van der Waals surface area (Å²) in [4.78, 5) is 11.6. The Labute approximate surface area is 122 Å². The largest absolute Gasteiger partial charge is 0.381 e. The standard InChI is InChI=1S/C15H18N3OS/c1-18(10-5-7-19-8-6-10)14-13-11-3-2-4-12(11)20-15(13)17-9-16-14/h9-10H,1-8H2/q+1. The first-order valence-corrected chi connectivity index (χ1v) is 8.09. The number of fused-ring (bicyclic) bond motifs is 3. The van der Waals surface area contributed by atoms with Gasteiger partial charge in [0.2, 0.25) is 6.33 Å². The van der Waals surface area contributed by atoms with Crippen molar-refractivity contribution < 1.29 is 9.31 Å². The number of hydrogen-bond donors (Lipinski definition) is 0. The minimum atomic E-state index is 0.429. The molecule has 0 unspecified atom stereocenters. The third-order valence-corrected chi connectivity index (χ3v) is 5.58. The molecular formula is C15H18N3OS+. The van der Waals surface area contributed by atoms with Crippen LogP contribution in [0.5, 0.6) is 0 Å². The van der Waals surface area contributed by atoms with Crippen molar-refractivity contribution in [3.63, 3.8) is 0 Å². The lowest BCUT2D eigenvalue weighted by atomic mass is 10.1. The van der Waals surface area contributed by atoms with Gasteiger partial charge in [-0.3, -0.25) is 0 Å². The quantitative estimate of drug-likeness (QED) is 0.630. The van der Waals surface area contributed by atoms with Crippen molar-refractivity contribution in [2.75, 3.05) is 13.2 Å². The highest BCUT2D eigenvalue weighted by Gasteiger charge is 2.29. The van der Waals surface area contributed by atoms with Gasteiger partial charge in [0.05, 0.1) is 19.9 Å². The molecule has 2 aromatic rings. The molecule has 104 valence electrons. The molecule has 4 nitrogen and oxygen atoms in total. The summed E-state index contributed by atoms with van der Waals surface area (Å²) < 4.78 is 7.56. The van der Waals surface area contributed by atoms with Crippen LogP contribution in [0, 0.1) is 0 Å². The molecule has 0 N–H and O–H groups in total. The maximum atomic E-state index is 5.45. The first-order chi connectivity index (χ1) is 9.84. The lowest BCUT2D eigenvalue weighted by Gasteiger charge is -2.21. The molecule has 1 fully saturated rings. The summed E-state index contributed by atoms with van der Waals surface area (Å²) in [5.41, 5.74) is 1.47. The van der Waals surface area contributed by atoms with E-state index in [1.54, 1.807) is 6.33 Å². The Morgan fingerprint density at radius 2 is 2.10 bits per heavy atom. The second-order valence-electron chi connectivity index (χ2n) is 5.55. The molecule has 1 aliphatic heterocycles.